The molecule has 0 amide bonds. The number of methoxy groups -OCH3 is 1. The Morgan fingerprint density at radius 2 is 1.55 bits per heavy atom. The summed E-state index contributed by atoms with van der Waals surface area (Å²) in [5.74, 6) is 1.63. The normalized spacial score (nSPS) is 12.3. The van der Waals surface area contributed by atoms with Gasteiger partial charge in [0.15, 0.2) is 5.60 Å². The van der Waals surface area contributed by atoms with Crippen LogP contribution in [-0.4, -0.2) is 36.3 Å². The van der Waals surface area contributed by atoms with E-state index in [0.717, 1.165) is 12.1 Å². The third-order valence-electron chi connectivity index (χ3n) is 7.41. The number of pyridine rings is 1. The van der Waals surface area contributed by atoms with E-state index < -0.39 is 17.3 Å². The van der Waals surface area contributed by atoms with Crippen molar-refractivity contribution in [3.05, 3.63) is 105 Å². The number of aromatic nitrogens is 5. The Balaban J connectivity index is 1.71. The van der Waals surface area contributed by atoms with Crippen LogP contribution in [0.25, 0.3) is 10.9 Å². The lowest BCUT2D eigenvalue weighted by atomic mass is 9.86. The third kappa shape index (κ3) is 4.50. The third-order valence-corrected chi connectivity index (χ3v) is 7.84. The van der Waals surface area contributed by atoms with Crippen LogP contribution in [0.15, 0.2) is 54.9 Å². The number of benzene rings is 2. The summed E-state index contributed by atoms with van der Waals surface area (Å²) in [5, 5.41) is 13.2. The van der Waals surface area contributed by atoms with Gasteiger partial charge in [0.2, 0.25) is 5.88 Å². The van der Waals surface area contributed by atoms with Crippen molar-refractivity contribution in [3.63, 3.8) is 0 Å². The first-order valence-corrected chi connectivity index (χ1v) is 12.8. The highest BCUT2D eigenvalue weighted by molar-refractivity contribution is 6.36. The maximum absolute atomic E-state index is 13.3. The number of rotatable bonds is 6. The van der Waals surface area contributed by atoms with E-state index in [0.29, 0.717) is 50.6 Å². The van der Waals surface area contributed by atoms with Gasteiger partial charge in [-0.3, -0.25) is 0 Å². The largest absolute Gasteiger partial charge is 0.481 e. The zero-order valence-corrected chi connectivity index (χ0v) is 23.3. The summed E-state index contributed by atoms with van der Waals surface area (Å²) in [6, 6.07) is 10.3. The second-order valence-corrected chi connectivity index (χ2v) is 10.1. The minimum atomic E-state index is -4.47. The number of aryl methyl sites for hydroxylation is 2. The van der Waals surface area contributed by atoms with E-state index in [-0.39, 0.29) is 17.3 Å². The fraction of sp³-hybridized carbons (Fsp3) is 0.276. The first-order valence-electron chi connectivity index (χ1n) is 12.4. The molecule has 40 heavy (non-hydrogen) atoms. The maximum atomic E-state index is 13.3. The molecule has 3 heterocycles. The highest BCUT2D eigenvalue weighted by Crippen LogP contribution is 2.41. The van der Waals surface area contributed by atoms with Gasteiger partial charge in [-0.25, -0.2) is 15.0 Å². The number of ether oxygens (including phenoxy) is 1. The number of hydrogen-bond donors (Lipinski definition) is 1. The molecule has 1 N–H and O–H groups in total. The average molecular weight is 570 g/mol. The number of fused-ring (bicyclic) bond motifs is 1. The van der Waals surface area contributed by atoms with E-state index in [4.69, 9.17) is 16.3 Å². The van der Waals surface area contributed by atoms with Crippen molar-refractivity contribution in [1.29, 1.82) is 0 Å². The molecule has 2 aromatic carbocycles. The summed E-state index contributed by atoms with van der Waals surface area (Å²) < 4.78 is 49.1. The zero-order chi connectivity index (χ0) is 29.0. The van der Waals surface area contributed by atoms with Gasteiger partial charge in [0.1, 0.15) is 11.6 Å². The number of alkyl halides is 3. The molecule has 0 fully saturated rings. The Hall–Kier alpha value is -3.89. The standard InChI is InChI=1S/C29H27ClF3N5O2/c1-16-34-14-24(37(16)3)28(39,25-15-35-17(2)38(25)4)19-9-10-23-21(13-19)26(30)22(27(36-23)40-5)12-18-7-6-8-20(11-18)29(31,32)33/h6-11,13-15,39H,12H2,1-5H3. The molecule has 0 aliphatic rings. The van der Waals surface area contributed by atoms with Gasteiger partial charge >= 0.3 is 6.18 Å². The van der Waals surface area contributed by atoms with Gasteiger partial charge in [-0.05, 0) is 43.2 Å². The Morgan fingerprint density at radius 1 is 0.925 bits per heavy atom. The topological polar surface area (TPSA) is 78.0 Å². The quantitative estimate of drug-likeness (QED) is 0.277. The Bertz CT molecular complexity index is 1700. The summed E-state index contributed by atoms with van der Waals surface area (Å²) in [6.45, 7) is 3.68. The predicted octanol–water partition coefficient (Wildman–Crippen LogP) is 5.87. The zero-order valence-electron chi connectivity index (χ0n) is 22.5. The monoisotopic (exact) mass is 569 g/mol. The Labute approximate surface area is 233 Å². The molecule has 0 unspecified atom stereocenters. The molecular weight excluding hydrogens is 543 g/mol. The second-order valence-electron chi connectivity index (χ2n) is 9.73. The molecule has 0 atom stereocenters. The summed E-state index contributed by atoms with van der Waals surface area (Å²) in [5.41, 5.74) is 0.462. The Morgan fingerprint density at radius 3 is 2.08 bits per heavy atom. The van der Waals surface area contributed by atoms with Crippen LogP contribution in [0.4, 0.5) is 13.2 Å². The van der Waals surface area contributed by atoms with Crippen LogP contribution in [-0.2, 0) is 32.3 Å². The highest BCUT2D eigenvalue weighted by Gasteiger charge is 2.40. The maximum Gasteiger partial charge on any atom is 0.416 e. The van der Waals surface area contributed by atoms with Gasteiger partial charge < -0.3 is 19.0 Å². The smallest absolute Gasteiger partial charge is 0.416 e. The molecular formula is C29H27ClF3N5O2. The molecule has 0 radical (unpaired) electrons. The lowest BCUT2D eigenvalue weighted by Gasteiger charge is -2.30. The predicted molar refractivity (Wildman–Crippen MR) is 146 cm³/mol. The van der Waals surface area contributed by atoms with Crippen LogP contribution < -0.4 is 4.74 Å². The summed E-state index contributed by atoms with van der Waals surface area (Å²) >= 11 is 6.93. The molecule has 5 rings (SSSR count). The van der Waals surface area contributed by atoms with Crippen LogP contribution in [0.2, 0.25) is 5.02 Å². The molecule has 7 nitrogen and oxygen atoms in total. The van der Waals surface area contributed by atoms with Crippen LogP contribution in [0.5, 0.6) is 5.88 Å². The van der Waals surface area contributed by atoms with Crippen molar-refractivity contribution in [2.24, 2.45) is 14.1 Å². The summed E-state index contributed by atoms with van der Waals surface area (Å²) in [4.78, 5) is 13.4. The molecule has 0 spiro atoms. The lowest BCUT2D eigenvalue weighted by Crippen LogP contribution is -2.33. The molecule has 3 aromatic heterocycles. The number of aliphatic hydroxyl groups is 1. The van der Waals surface area contributed by atoms with Gasteiger partial charge in [-0.2, -0.15) is 13.2 Å². The minimum Gasteiger partial charge on any atom is -0.481 e. The number of hydrogen-bond acceptors (Lipinski definition) is 5. The first kappa shape index (κ1) is 27.7. The molecule has 0 saturated carbocycles. The van der Waals surface area contributed by atoms with E-state index in [1.54, 1.807) is 45.8 Å². The second kappa shape index (κ2) is 9.94. The number of halogens is 4. The fourth-order valence-electron chi connectivity index (χ4n) is 4.95. The molecule has 11 heteroatoms. The van der Waals surface area contributed by atoms with Crippen molar-refractivity contribution in [1.82, 2.24) is 24.1 Å². The average Bonchev–Trinajstić information content (AvgIpc) is 3.45. The lowest BCUT2D eigenvalue weighted by molar-refractivity contribution is -0.137. The van der Waals surface area contributed by atoms with E-state index >= 15 is 0 Å². The summed E-state index contributed by atoms with van der Waals surface area (Å²) in [6.07, 6.45) is -1.17. The van der Waals surface area contributed by atoms with E-state index in [2.05, 4.69) is 15.0 Å². The van der Waals surface area contributed by atoms with Crippen LogP contribution in [0.1, 0.15) is 45.3 Å². The molecule has 0 saturated heterocycles. The number of nitrogens with zero attached hydrogens (tertiary/aromatic N) is 5. The van der Waals surface area contributed by atoms with Gasteiger partial charge in [0.25, 0.3) is 0 Å². The summed E-state index contributed by atoms with van der Waals surface area (Å²) in [7, 11) is 5.07. The van der Waals surface area contributed by atoms with E-state index in [1.807, 2.05) is 27.9 Å². The molecule has 0 aliphatic heterocycles. The molecule has 0 aliphatic carbocycles. The van der Waals surface area contributed by atoms with Crippen molar-refractivity contribution < 1.29 is 23.0 Å². The SMILES string of the molecule is COc1nc2ccc(C(O)(c3cnc(C)n3C)c3cnc(C)n3C)cc2c(Cl)c1Cc1cccc(C(F)(F)F)c1. The molecule has 208 valence electrons. The van der Waals surface area contributed by atoms with Crippen molar-refractivity contribution in [3.8, 4) is 5.88 Å². The Kier molecular flexibility index (Phi) is 6.87. The minimum absolute atomic E-state index is 0.0607. The fourth-order valence-corrected chi connectivity index (χ4v) is 5.25. The van der Waals surface area contributed by atoms with Gasteiger partial charge in [0.05, 0.1) is 47.0 Å². The van der Waals surface area contributed by atoms with E-state index in [1.165, 1.54) is 13.2 Å². The van der Waals surface area contributed by atoms with Crippen molar-refractivity contribution in [2.75, 3.05) is 7.11 Å². The first-order chi connectivity index (χ1) is 18.9. The van der Waals surface area contributed by atoms with Gasteiger partial charge in [-0.15, -0.1) is 0 Å². The highest BCUT2D eigenvalue weighted by atomic mass is 35.5. The van der Waals surface area contributed by atoms with E-state index in [9.17, 15) is 18.3 Å². The van der Waals surface area contributed by atoms with Crippen molar-refractivity contribution in [2.45, 2.75) is 32.0 Å². The van der Waals surface area contributed by atoms with Crippen LogP contribution in [0.3, 0.4) is 0 Å². The van der Waals surface area contributed by atoms with Crippen LogP contribution in [0, 0.1) is 13.8 Å². The number of imidazole rings is 2. The van der Waals surface area contributed by atoms with Gasteiger partial charge in [-0.1, -0.05) is 35.9 Å². The molecule has 5 aromatic rings. The molecule has 0 bridgehead atoms. The van der Waals surface area contributed by atoms with Crippen LogP contribution >= 0.6 is 11.6 Å². The van der Waals surface area contributed by atoms with Crippen molar-refractivity contribution >= 4 is 22.5 Å². The van der Waals surface area contributed by atoms with Gasteiger partial charge in [0, 0.05) is 31.5 Å².